The van der Waals surface area contributed by atoms with E-state index in [2.05, 4.69) is 27.2 Å². The van der Waals surface area contributed by atoms with Gasteiger partial charge in [-0.3, -0.25) is 0 Å². The van der Waals surface area contributed by atoms with E-state index in [0.29, 0.717) is 11.1 Å². The molecule has 1 N–H and O–H groups in total. The minimum atomic E-state index is -0.270. The largest absolute Gasteiger partial charge is 0.467 e. The van der Waals surface area contributed by atoms with E-state index in [9.17, 15) is 4.39 Å². The number of nitrogens with one attached hydrogen (secondary N) is 1. The maximum absolute atomic E-state index is 12.9. The van der Waals surface area contributed by atoms with Gasteiger partial charge in [0.05, 0.1) is 7.11 Å². The number of halogens is 1. The first-order valence-corrected chi connectivity index (χ1v) is 7.00. The SMILES string of the molecule is CCCNc1nc(OC)nc(Sc2ccc(F)cc2)n1. The summed E-state index contributed by atoms with van der Waals surface area (Å²) in [6.07, 6.45) is 0.967. The Bertz CT molecular complexity index is 565. The Morgan fingerprint density at radius 2 is 1.95 bits per heavy atom. The number of nitrogens with zero attached hydrogens (tertiary/aromatic N) is 3. The summed E-state index contributed by atoms with van der Waals surface area (Å²) in [5.41, 5.74) is 0. The summed E-state index contributed by atoms with van der Waals surface area (Å²) in [6, 6.07) is 6.40. The van der Waals surface area contributed by atoms with Gasteiger partial charge in [-0.2, -0.15) is 15.0 Å². The predicted octanol–water partition coefficient (Wildman–Crippen LogP) is 2.99. The summed E-state index contributed by atoms with van der Waals surface area (Å²) >= 11 is 1.32. The summed E-state index contributed by atoms with van der Waals surface area (Å²) in [5, 5.41) is 3.59. The van der Waals surface area contributed by atoms with Crippen LogP contribution in [0.2, 0.25) is 0 Å². The molecule has 0 unspecified atom stereocenters. The van der Waals surface area contributed by atoms with Crippen molar-refractivity contribution in [1.29, 1.82) is 0 Å². The molecule has 1 aromatic heterocycles. The second kappa shape index (κ2) is 7.04. The Morgan fingerprint density at radius 3 is 2.60 bits per heavy atom. The van der Waals surface area contributed by atoms with E-state index >= 15 is 0 Å². The van der Waals surface area contributed by atoms with E-state index in [1.807, 2.05) is 0 Å². The molecule has 1 aromatic carbocycles. The summed E-state index contributed by atoms with van der Waals surface area (Å²) in [4.78, 5) is 13.4. The third-order valence-corrected chi connectivity index (χ3v) is 3.21. The number of anilines is 1. The van der Waals surface area contributed by atoms with Crippen molar-refractivity contribution in [2.45, 2.75) is 23.4 Å². The molecule has 0 amide bonds. The maximum Gasteiger partial charge on any atom is 0.321 e. The normalized spacial score (nSPS) is 10.3. The first kappa shape index (κ1) is 14.5. The molecule has 2 aromatic rings. The molecule has 0 bridgehead atoms. The van der Waals surface area contributed by atoms with Gasteiger partial charge in [-0.25, -0.2) is 4.39 Å². The average Bonchev–Trinajstić information content (AvgIpc) is 2.47. The number of methoxy groups -OCH3 is 1. The number of hydrogen-bond acceptors (Lipinski definition) is 6. The lowest BCUT2D eigenvalue weighted by molar-refractivity contribution is 0.373. The lowest BCUT2D eigenvalue weighted by Crippen LogP contribution is -2.07. The Morgan fingerprint density at radius 1 is 1.20 bits per heavy atom. The fraction of sp³-hybridized carbons (Fsp3) is 0.308. The highest BCUT2D eigenvalue weighted by Crippen LogP contribution is 2.26. The van der Waals surface area contributed by atoms with Gasteiger partial charge in [0.25, 0.3) is 0 Å². The van der Waals surface area contributed by atoms with E-state index in [4.69, 9.17) is 4.74 Å². The molecule has 20 heavy (non-hydrogen) atoms. The molecule has 0 aliphatic carbocycles. The Labute approximate surface area is 121 Å². The lowest BCUT2D eigenvalue weighted by atomic mass is 10.4. The predicted molar refractivity (Wildman–Crippen MR) is 75.7 cm³/mol. The van der Waals surface area contributed by atoms with Gasteiger partial charge in [0.2, 0.25) is 11.1 Å². The van der Waals surface area contributed by atoms with Gasteiger partial charge in [0, 0.05) is 11.4 Å². The van der Waals surface area contributed by atoms with Crippen LogP contribution < -0.4 is 10.1 Å². The molecule has 0 fully saturated rings. The third kappa shape index (κ3) is 4.06. The van der Waals surface area contributed by atoms with Crippen molar-refractivity contribution in [3.63, 3.8) is 0 Å². The van der Waals surface area contributed by atoms with Gasteiger partial charge >= 0.3 is 6.01 Å². The molecule has 106 valence electrons. The smallest absolute Gasteiger partial charge is 0.321 e. The van der Waals surface area contributed by atoms with Crippen LogP contribution in [-0.4, -0.2) is 28.6 Å². The number of benzene rings is 1. The van der Waals surface area contributed by atoms with Crippen molar-refractivity contribution < 1.29 is 9.13 Å². The maximum atomic E-state index is 12.9. The molecule has 0 radical (unpaired) electrons. The lowest BCUT2D eigenvalue weighted by Gasteiger charge is -2.07. The van der Waals surface area contributed by atoms with Crippen molar-refractivity contribution in [2.75, 3.05) is 19.0 Å². The first-order chi connectivity index (χ1) is 9.71. The molecule has 2 rings (SSSR count). The summed E-state index contributed by atoms with van der Waals surface area (Å²) in [5.74, 6) is 0.205. The minimum absolute atomic E-state index is 0.253. The quantitative estimate of drug-likeness (QED) is 0.884. The van der Waals surface area contributed by atoms with Crippen LogP contribution in [-0.2, 0) is 0 Å². The van der Waals surface area contributed by atoms with Crippen LogP contribution >= 0.6 is 11.8 Å². The van der Waals surface area contributed by atoms with Crippen molar-refractivity contribution in [2.24, 2.45) is 0 Å². The second-order valence-electron chi connectivity index (χ2n) is 3.91. The molecule has 0 saturated heterocycles. The highest BCUT2D eigenvalue weighted by atomic mass is 32.2. The zero-order chi connectivity index (χ0) is 14.4. The Kier molecular flexibility index (Phi) is 5.11. The van der Waals surface area contributed by atoms with Crippen LogP contribution in [0.5, 0.6) is 6.01 Å². The van der Waals surface area contributed by atoms with E-state index in [0.717, 1.165) is 17.9 Å². The van der Waals surface area contributed by atoms with Gasteiger partial charge in [0.15, 0.2) is 0 Å². The summed E-state index contributed by atoms with van der Waals surface area (Å²) < 4.78 is 17.9. The number of hydrogen-bond donors (Lipinski definition) is 1. The highest BCUT2D eigenvalue weighted by molar-refractivity contribution is 7.99. The molecule has 0 aliphatic rings. The van der Waals surface area contributed by atoms with Crippen molar-refractivity contribution >= 4 is 17.7 Å². The van der Waals surface area contributed by atoms with Crippen LogP contribution in [0.3, 0.4) is 0 Å². The molecule has 0 atom stereocenters. The zero-order valence-electron chi connectivity index (χ0n) is 11.3. The molecule has 0 saturated carbocycles. The third-order valence-electron chi connectivity index (χ3n) is 2.33. The monoisotopic (exact) mass is 294 g/mol. The fourth-order valence-corrected chi connectivity index (χ4v) is 2.14. The van der Waals surface area contributed by atoms with Crippen molar-refractivity contribution in [3.05, 3.63) is 30.1 Å². The first-order valence-electron chi connectivity index (χ1n) is 6.18. The number of ether oxygens (including phenoxy) is 1. The average molecular weight is 294 g/mol. The van der Waals surface area contributed by atoms with Crippen LogP contribution in [0.25, 0.3) is 0 Å². The number of aromatic nitrogens is 3. The Balaban J connectivity index is 2.19. The molecule has 0 spiro atoms. The van der Waals surface area contributed by atoms with E-state index in [1.165, 1.54) is 31.0 Å². The van der Waals surface area contributed by atoms with Crippen molar-refractivity contribution in [1.82, 2.24) is 15.0 Å². The summed E-state index contributed by atoms with van der Waals surface area (Å²) in [6.45, 7) is 2.83. The van der Waals surface area contributed by atoms with Gasteiger partial charge in [-0.1, -0.05) is 6.92 Å². The van der Waals surface area contributed by atoms with E-state index in [1.54, 1.807) is 12.1 Å². The van der Waals surface area contributed by atoms with Crippen LogP contribution in [0.15, 0.2) is 34.3 Å². The standard InChI is InChI=1S/C13H15FN4OS/c1-3-8-15-11-16-12(19-2)18-13(17-11)20-10-6-4-9(14)5-7-10/h4-7H,3,8H2,1-2H3,(H,15,16,17,18). The Hall–Kier alpha value is -1.89. The van der Waals surface area contributed by atoms with Crippen LogP contribution in [0.1, 0.15) is 13.3 Å². The molecule has 5 nitrogen and oxygen atoms in total. The van der Waals surface area contributed by atoms with Gasteiger partial charge in [0.1, 0.15) is 5.82 Å². The van der Waals surface area contributed by atoms with E-state index < -0.39 is 0 Å². The van der Waals surface area contributed by atoms with Gasteiger partial charge in [-0.05, 0) is 42.4 Å². The molecule has 0 aliphatic heterocycles. The summed E-state index contributed by atoms with van der Waals surface area (Å²) in [7, 11) is 1.51. The number of rotatable bonds is 6. The van der Waals surface area contributed by atoms with Gasteiger partial charge < -0.3 is 10.1 Å². The van der Waals surface area contributed by atoms with Gasteiger partial charge in [-0.15, -0.1) is 0 Å². The second-order valence-corrected chi connectivity index (χ2v) is 4.95. The molecule has 1 heterocycles. The minimum Gasteiger partial charge on any atom is -0.467 e. The molecular formula is C13H15FN4OS. The molecular weight excluding hydrogens is 279 g/mol. The van der Waals surface area contributed by atoms with Crippen molar-refractivity contribution in [3.8, 4) is 6.01 Å². The fourth-order valence-electron chi connectivity index (χ4n) is 1.40. The molecule has 7 heteroatoms. The van der Waals surface area contributed by atoms with Crippen LogP contribution in [0, 0.1) is 5.82 Å². The topological polar surface area (TPSA) is 59.9 Å². The van der Waals surface area contributed by atoms with Crippen LogP contribution in [0.4, 0.5) is 10.3 Å². The highest BCUT2D eigenvalue weighted by Gasteiger charge is 2.08. The van der Waals surface area contributed by atoms with E-state index in [-0.39, 0.29) is 11.8 Å². The zero-order valence-corrected chi connectivity index (χ0v) is 12.1.